The predicted octanol–water partition coefficient (Wildman–Crippen LogP) is 3.22. The lowest BCUT2D eigenvalue weighted by molar-refractivity contribution is 0.189. The summed E-state index contributed by atoms with van der Waals surface area (Å²) in [5.74, 6) is 2.39. The van der Waals surface area contributed by atoms with Gasteiger partial charge >= 0.3 is 0 Å². The average Bonchev–Trinajstić information content (AvgIpc) is 2.37. The van der Waals surface area contributed by atoms with Crippen LogP contribution in [-0.4, -0.2) is 12.6 Å². The maximum Gasteiger partial charge on any atom is 0.119 e. The van der Waals surface area contributed by atoms with E-state index in [0.717, 1.165) is 11.7 Å². The first kappa shape index (κ1) is 12.4. The van der Waals surface area contributed by atoms with Crippen molar-refractivity contribution in [3.63, 3.8) is 0 Å². The third-order valence-corrected chi connectivity index (χ3v) is 3.77. The van der Waals surface area contributed by atoms with Crippen LogP contribution >= 0.6 is 0 Å². The standard InChI is InChI=1S/C15H23NO/c1-12-6-5-7-13(10-12)15(16)11-17-14-8-3-2-4-9-14/h2-4,8-9,12-13,15H,5-7,10-11,16H2,1H3. The highest BCUT2D eigenvalue weighted by molar-refractivity contribution is 5.20. The molecule has 0 spiro atoms. The molecule has 94 valence electrons. The molecular formula is C15H23NO. The first-order chi connectivity index (χ1) is 8.25. The Kier molecular flexibility index (Phi) is 4.43. The highest BCUT2D eigenvalue weighted by atomic mass is 16.5. The first-order valence-electron chi connectivity index (χ1n) is 6.69. The molecule has 2 nitrogen and oxygen atoms in total. The van der Waals surface area contributed by atoms with E-state index in [-0.39, 0.29) is 6.04 Å². The molecule has 1 aromatic rings. The Labute approximate surface area is 104 Å². The number of rotatable bonds is 4. The molecule has 1 saturated carbocycles. The Morgan fingerprint density at radius 1 is 1.29 bits per heavy atom. The minimum Gasteiger partial charge on any atom is -0.492 e. The van der Waals surface area contributed by atoms with Gasteiger partial charge in [-0.1, -0.05) is 38.0 Å². The molecule has 17 heavy (non-hydrogen) atoms. The molecule has 1 aliphatic carbocycles. The van der Waals surface area contributed by atoms with Crippen LogP contribution in [0.4, 0.5) is 0 Å². The molecule has 0 aromatic heterocycles. The highest BCUT2D eigenvalue weighted by Crippen LogP contribution is 2.30. The average molecular weight is 233 g/mol. The number of nitrogens with two attached hydrogens (primary N) is 1. The molecule has 1 aromatic carbocycles. The quantitative estimate of drug-likeness (QED) is 0.866. The van der Waals surface area contributed by atoms with Gasteiger partial charge < -0.3 is 10.5 Å². The number of hydrogen-bond acceptors (Lipinski definition) is 2. The third kappa shape index (κ3) is 3.74. The van der Waals surface area contributed by atoms with Crippen molar-refractivity contribution in [2.45, 2.75) is 38.6 Å². The van der Waals surface area contributed by atoms with Gasteiger partial charge in [-0.25, -0.2) is 0 Å². The molecule has 1 aliphatic rings. The fraction of sp³-hybridized carbons (Fsp3) is 0.600. The van der Waals surface area contributed by atoms with Crippen LogP contribution in [0.3, 0.4) is 0 Å². The smallest absolute Gasteiger partial charge is 0.119 e. The maximum absolute atomic E-state index is 6.23. The minimum absolute atomic E-state index is 0.179. The van der Waals surface area contributed by atoms with Crippen LogP contribution in [0.2, 0.25) is 0 Å². The van der Waals surface area contributed by atoms with Crippen LogP contribution in [0.25, 0.3) is 0 Å². The zero-order valence-corrected chi connectivity index (χ0v) is 10.6. The van der Waals surface area contributed by atoms with E-state index in [9.17, 15) is 0 Å². The van der Waals surface area contributed by atoms with Crippen LogP contribution in [0.5, 0.6) is 5.75 Å². The van der Waals surface area contributed by atoms with Crippen molar-refractivity contribution in [2.24, 2.45) is 17.6 Å². The zero-order valence-electron chi connectivity index (χ0n) is 10.6. The summed E-state index contributed by atoms with van der Waals surface area (Å²) in [6, 6.07) is 10.1. The van der Waals surface area contributed by atoms with E-state index in [0.29, 0.717) is 12.5 Å². The number of benzene rings is 1. The maximum atomic E-state index is 6.23. The Hall–Kier alpha value is -1.02. The van der Waals surface area contributed by atoms with Gasteiger partial charge in [-0.15, -0.1) is 0 Å². The summed E-state index contributed by atoms with van der Waals surface area (Å²) < 4.78 is 5.73. The van der Waals surface area contributed by atoms with E-state index in [2.05, 4.69) is 6.92 Å². The lowest BCUT2D eigenvalue weighted by Crippen LogP contribution is -2.38. The molecular weight excluding hydrogens is 210 g/mol. The summed E-state index contributed by atoms with van der Waals surface area (Å²) >= 11 is 0. The predicted molar refractivity (Wildman–Crippen MR) is 71.0 cm³/mol. The molecule has 0 saturated heterocycles. The van der Waals surface area contributed by atoms with E-state index in [4.69, 9.17) is 10.5 Å². The van der Waals surface area contributed by atoms with Gasteiger partial charge in [-0.3, -0.25) is 0 Å². The second-order valence-electron chi connectivity index (χ2n) is 5.32. The summed E-state index contributed by atoms with van der Waals surface area (Å²) in [5.41, 5.74) is 6.23. The monoisotopic (exact) mass is 233 g/mol. The van der Waals surface area contributed by atoms with Crippen LogP contribution in [0.15, 0.2) is 30.3 Å². The Bertz CT molecular complexity index is 325. The molecule has 3 atom stereocenters. The van der Waals surface area contributed by atoms with E-state index >= 15 is 0 Å². The van der Waals surface area contributed by atoms with Gasteiger partial charge in [0.25, 0.3) is 0 Å². The molecule has 2 rings (SSSR count). The Morgan fingerprint density at radius 2 is 2.06 bits per heavy atom. The molecule has 1 fully saturated rings. The van der Waals surface area contributed by atoms with Crippen molar-refractivity contribution in [2.75, 3.05) is 6.61 Å². The Balaban J connectivity index is 1.79. The van der Waals surface area contributed by atoms with Crippen molar-refractivity contribution < 1.29 is 4.74 Å². The van der Waals surface area contributed by atoms with Gasteiger partial charge in [0.2, 0.25) is 0 Å². The van der Waals surface area contributed by atoms with E-state index in [1.54, 1.807) is 0 Å². The molecule has 0 heterocycles. The molecule has 0 bridgehead atoms. The van der Waals surface area contributed by atoms with Crippen molar-refractivity contribution in [3.8, 4) is 5.75 Å². The second-order valence-corrected chi connectivity index (χ2v) is 5.32. The van der Waals surface area contributed by atoms with Gasteiger partial charge in [0.1, 0.15) is 12.4 Å². The van der Waals surface area contributed by atoms with Gasteiger partial charge in [0.15, 0.2) is 0 Å². The van der Waals surface area contributed by atoms with Crippen LogP contribution < -0.4 is 10.5 Å². The fourth-order valence-corrected chi connectivity index (χ4v) is 2.72. The fourth-order valence-electron chi connectivity index (χ4n) is 2.72. The van der Waals surface area contributed by atoms with E-state index < -0.39 is 0 Å². The summed E-state index contributed by atoms with van der Waals surface area (Å²) in [7, 11) is 0. The molecule has 2 heteroatoms. The molecule has 2 N–H and O–H groups in total. The lowest BCUT2D eigenvalue weighted by Gasteiger charge is -2.31. The molecule has 0 amide bonds. The largest absolute Gasteiger partial charge is 0.492 e. The molecule has 3 unspecified atom stereocenters. The number of para-hydroxylation sites is 1. The van der Waals surface area contributed by atoms with E-state index in [1.165, 1.54) is 25.7 Å². The van der Waals surface area contributed by atoms with Crippen molar-refractivity contribution in [1.82, 2.24) is 0 Å². The van der Waals surface area contributed by atoms with Crippen LogP contribution in [-0.2, 0) is 0 Å². The minimum atomic E-state index is 0.179. The van der Waals surface area contributed by atoms with Crippen molar-refractivity contribution in [3.05, 3.63) is 30.3 Å². The third-order valence-electron chi connectivity index (χ3n) is 3.77. The van der Waals surface area contributed by atoms with Crippen LogP contribution in [0.1, 0.15) is 32.6 Å². The topological polar surface area (TPSA) is 35.2 Å². The van der Waals surface area contributed by atoms with Crippen molar-refractivity contribution >= 4 is 0 Å². The zero-order chi connectivity index (χ0) is 12.1. The molecule has 0 radical (unpaired) electrons. The first-order valence-corrected chi connectivity index (χ1v) is 6.69. The summed E-state index contributed by atoms with van der Waals surface area (Å²) in [6.45, 7) is 2.97. The number of hydrogen-bond donors (Lipinski definition) is 1. The summed E-state index contributed by atoms with van der Waals surface area (Å²) in [4.78, 5) is 0. The summed E-state index contributed by atoms with van der Waals surface area (Å²) in [5, 5.41) is 0. The SMILES string of the molecule is CC1CCCC(C(N)COc2ccccc2)C1. The summed E-state index contributed by atoms with van der Waals surface area (Å²) in [6.07, 6.45) is 5.22. The Morgan fingerprint density at radius 3 is 2.76 bits per heavy atom. The van der Waals surface area contributed by atoms with Gasteiger partial charge in [0.05, 0.1) is 0 Å². The highest BCUT2D eigenvalue weighted by Gasteiger charge is 2.24. The van der Waals surface area contributed by atoms with E-state index in [1.807, 2.05) is 30.3 Å². The second kappa shape index (κ2) is 6.06. The number of ether oxygens (including phenoxy) is 1. The molecule has 0 aliphatic heterocycles. The lowest BCUT2D eigenvalue weighted by atomic mass is 9.79. The normalized spacial score (nSPS) is 26.5. The van der Waals surface area contributed by atoms with Gasteiger partial charge in [0, 0.05) is 6.04 Å². The van der Waals surface area contributed by atoms with Crippen LogP contribution in [0, 0.1) is 11.8 Å². The van der Waals surface area contributed by atoms with Gasteiger partial charge in [-0.2, -0.15) is 0 Å². The van der Waals surface area contributed by atoms with Crippen molar-refractivity contribution in [1.29, 1.82) is 0 Å². The van der Waals surface area contributed by atoms with Gasteiger partial charge in [-0.05, 0) is 36.8 Å².